The fourth-order valence-corrected chi connectivity index (χ4v) is 3.28. The topological polar surface area (TPSA) is 43.8 Å². The van der Waals surface area contributed by atoms with Crippen LogP contribution in [0.4, 0.5) is 5.00 Å². The van der Waals surface area contributed by atoms with E-state index in [1.807, 2.05) is 6.07 Å². The van der Waals surface area contributed by atoms with Crippen LogP contribution in [0, 0.1) is 5.92 Å². The molecule has 2 unspecified atom stereocenters. The molecule has 94 valence electrons. The van der Waals surface area contributed by atoms with Crippen LogP contribution in [0.2, 0.25) is 0 Å². The van der Waals surface area contributed by atoms with Crippen molar-refractivity contribution < 1.29 is 9.90 Å². The number of rotatable bonds is 3. The maximum absolute atomic E-state index is 10.8. The Balaban J connectivity index is 2.11. The number of nitrogens with zero attached hydrogens (tertiary/aromatic N) is 2. The minimum Gasteiger partial charge on any atom is -0.477 e. The number of aromatic carboxylic acids is 1. The second kappa shape index (κ2) is 4.66. The van der Waals surface area contributed by atoms with Gasteiger partial charge in [0, 0.05) is 19.1 Å². The maximum atomic E-state index is 10.8. The molecular weight excluding hydrogens is 236 g/mol. The first-order valence-electron chi connectivity index (χ1n) is 5.73. The van der Waals surface area contributed by atoms with E-state index < -0.39 is 5.97 Å². The van der Waals surface area contributed by atoms with E-state index in [0.29, 0.717) is 16.8 Å². The van der Waals surface area contributed by atoms with Crippen LogP contribution >= 0.6 is 11.3 Å². The lowest BCUT2D eigenvalue weighted by molar-refractivity contribution is 0.0702. The summed E-state index contributed by atoms with van der Waals surface area (Å²) >= 11 is 1.36. The van der Waals surface area contributed by atoms with Crippen LogP contribution in [0.3, 0.4) is 0 Å². The van der Waals surface area contributed by atoms with E-state index in [1.165, 1.54) is 11.3 Å². The van der Waals surface area contributed by atoms with E-state index in [-0.39, 0.29) is 0 Å². The van der Waals surface area contributed by atoms with Gasteiger partial charge in [-0.2, -0.15) is 0 Å². The molecule has 2 rings (SSSR count). The smallest absolute Gasteiger partial charge is 0.345 e. The highest BCUT2D eigenvalue weighted by molar-refractivity contribution is 7.17. The summed E-state index contributed by atoms with van der Waals surface area (Å²) in [5.74, 6) is -0.224. The second-order valence-electron chi connectivity index (χ2n) is 4.86. The molecule has 1 fully saturated rings. The van der Waals surface area contributed by atoms with Crippen LogP contribution in [-0.4, -0.2) is 49.2 Å². The number of likely N-dealkylation sites (N-methyl/N-ethyl adjacent to an activating group) is 1. The lowest BCUT2D eigenvalue weighted by Gasteiger charge is -2.22. The molecule has 1 aromatic heterocycles. The fourth-order valence-electron chi connectivity index (χ4n) is 2.41. The van der Waals surface area contributed by atoms with Crippen molar-refractivity contribution in [3.63, 3.8) is 0 Å². The van der Waals surface area contributed by atoms with E-state index in [4.69, 9.17) is 5.11 Å². The molecule has 0 bridgehead atoms. The highest BCUT2D eigenvalue weighted by Crippen LogP contribution is 2.31. The predicted octanol–water partition coefficient (Wildman–Crippen LogP) is 1.83. The molecular formula is C12H18N2O2S. The summed E-state index contributed by atoms with van der Waals surface area (Å²) < 4.78 is 0. The molecule has 2 heterocycles. The highest BCUT2D eigenvalue weighted by atomic mass is 32.1. The Bertz CT molecular complexity index is 416. The average molecular weight is 254 g/mol. The van der Waals surface area contributed by atoms with Gasteiger partial charge >= 0.3 is 5.97 Å². The van der Waals surface area contributed by atoms with Crippen LogP contribution in [0.5, 0.6) is 0 Å². The van der Waals surface area contributed by atoms with Crippen LogP contribution in [0.15, 0.2) is 12.1 Å². The Kier molecular flexibility index (Phi) is 3.40. The third kappa shape index (κ3) is 2.45. The summed E-state index contributed by atoms with van der Waals surface area (Å²) in [7, 11) is 4.20. The van der Waals surface area contributed by atoms with Crippen molar-refractivity contribution in [1.29, 1.82) is 0 Å². The highest BCUT2D eigenvalue weighted by Gasteiger charge is 2.31. The van der Waals surface area contributed by atoms with E-state index in [1.54, 1.807) is 6.07 Å². The lowest BCUT2D eigenvalue weighted by Crippen LogP contribution is -2.34. The Morgan fingerprint density at radius 1 is 1.47 bits per heavy atom. The quantitative estimate of drug-likeness (QED) is 0.894. The summed E-state index contributed by atoms with van der Waals surface area (Å²) in [6.45, 7) is 4.23. The molecule has 17 heavy (non-hydrogen) atoms. The van der Waals surface area contributed by atoms with Gasteiger partial charge in [0.25, 0.3) is 0 Å². The first kappa shape index (κ1) is 12.4. The van der Waals surface area contributed by atoms with E-state index in [9.17, 15) is 4.79 Å². The Hall–Kier alpha value is -1.07. The van der Waals surface area contributed by atoms with Gasteiger partial charge in [0.1, 0.15) is 4.88 Å². The monoisotopic (exact) mass is 254 g/mol. The third-order valence-electron chi connectivity index (χ3n) is 3.35. The van der Waals surface area contributed by atoms with Gasteiger partial charge in [-0.3, -0.25) is 0 Å². The number of thiophene rings is 1. The molecule has 1 aliphatic heterocycles. The summed E-state index contributed by atoms with van der Waals surface area (Å²) in [4.78, 5) is 15.8. The van der Waals surface area contributed by atoms with Gasteiger partial charge in [0.05, 0.1) is 5.00 Å². The maximum Gasteiger partial charge on any atom is 0.345 e. The fraction of sp³-hybridized carbons (Fsp3) is 0.583. The Morgan fingerprint density at radius 3 is 2.65 bits per heavy atom. The van der Waals surface area contributed by atoms with E-state index >= 15 is 0 Å². The zero-order valence-corrected chi connectivity index (χ0v) is 11.2. The Labute approximate surface area is 105 Å². The summed E-state index contributed by atoms with van der Waals surface area (Å²) in [5, 5.41) is 9.98. The van der Waals surface area contributed by atoms with Gasteiger partial charge in [-0.1, -0.05) is 6.92 Å². The van der Waals surface area contributed by atoms with Crippen molar-refractivity contribution in [3.05, 3.63) is 17.0 Å². The molecule has 2 atom stereocenters. The number of hydrogen-bond donors (Lipinski definition) is 1. The molecule has 1 aliphatic rings. The van der Waals surface area contributed by atoms with Crippen molar-refractivity contribution in [2.45, 2.75) is 13.0 Å². The van der Waals surface area contributed by atoms with Crippen molar-refractivity contribution in [2.75, 3.05) is 32.1 Å². The van der Waals surface area contributed by atoms with Crippen LogP contribution in [-0.2, 0) is 0 Å². The summed E-state index contributed by atoms with van der Waals surface area (Å²) in [6, 6.07) is 4.15. The minimum absolute atomic E-state index is 0.418. The molecule has 1 saturated heterocycles. The molecule has 4 nitrogen and oxygen atoms in total. The largest absolute Gasteiger partial charge is 0.477 e. The first-order chi connectivity index (χ1) is 7.99. The first-order valence-corrected chi connectivity index (χ1v) is 6.55. The molecule has 0 aliphatic carbocycles. The van der Waals surface area contributed by atoms with Gasteiger partial charge < -0.3 is 14.9 Å². The van der Waals surface area contributed by atoms with Crippen molar-refractivity contribution >= 4 is 22.3 Å². The molecule has 5 heteroatoms. The second-order valence-corrected chi connectivity index (χ2v) is 5.92. The van der Waals surface area contributed by atoms with Crippen molar-refractivity contribution in [1.82, 2.24) is 4.90 Å². The van der Waals surface area contributed by atoms with Crippen molar-refractivity contribution in [2.24, 2.45) is 5.92 Å². The number of hydrogen-bond acceptors (Lipinski definition) is 4. The molecule has 1 N–H and O–H groups in total. The summed E-state index contributed by atoms with van der Waals surface area (Å²) in [5.41, 5.74) is 0. The van der Waals surface area contributed by atoms with Gasteiger partial charge in [-0.25, -0.2) is 4.79 Å². The average Bonchev–Trinajstić information content (AvgIpc) is 2.82. The summed E-state index contributed by atoms with van der Waals surface area (Å²) in [6.07, 6.45) is 0. The number of carboxylic acid groups (broad SMARTS) is 1. The minimum atomic E-state index is -0.836. The van der Waals surface area contributed by atoms with Crippen LogP contribution < -0.4 is 4.90 Å². The van der Waals surface area contributed by atoms with Crippen molar-refractivity contribution in [3.8, 4) is 0 Å². The number of anilines is 1. The molecule has 0 aromatic carbocycles. The molecule has 1 aromatic rings. The molecule has 0 radical (unpaired) electrons. The normalized spacial score (nSPS) is 24.6. The van der Waals surface area contributed by atoms with Crippen LogP contribution in [0.25, 0.3) is 0 Å². The van der Waals surface area contributed by atoms with Gasteiger partial charge in [-0.15, -0.1) is 11.3 Å². The van der Waals surface area contributed by atoms with Gasteiger partial charge in [-0.05, 0) is 32.1 Å². The van der Waals surface area contributed by atoms with Gasteiger partial charge in [0.2, 0.25) is 0 Å². The third-order valence-corrected chi connectivity index (χ3v) is 4.48. The van der Waals surface area contributed by atoms with Crippen LogP contribution in [0.1, 0.15) is 16.6 Å². The SMILES string of the molecule is CC1CN(c2ccc(C(=O)O)s2)CC1N(C)C. The Morgan fingerprint density at radius 2 is 2.18 bits per heavy atom. The number of carbonyl (C=O) groups is 1. The lowest BCUT2D eigenvalue weighted by atomic mass is 10.1. The predicted molar refractivity (Wildman–Crippen MR) is 70.1 cm³/mol. The molecule has 0 saturated carbocycles. The molecule has 0 spiro atoms. The van der Waals surface area contributed by atoms with Gasteiger partial charge in [0.15, 0.2) is 0 Å². The van der Waals surface area contributed by atoms with E-state index in [0.717, 1.165) is 18.1 Å². The zero-order chi connectivity index (χ0) is 12.6. The standard InChI is InChI=1S/C12H18N2O2S/c1-8-6-14(7-9(8)13(2)3)11-5-4-10(17-11)12(15)16/h4-5,8-9H,6-7H2,1-3H3,(H,15,16). The van der Waals surface area contributed by atoms with E-state index in [2.05, 4.69) is 30.8 Å². The zero-order valence-electron chi connectivity index (χ0n) is 10.4. The molecule has 0 amide bonds. The number of carboxylic acids is 1.